The quantitative estimate of drug-likeness (QED) is 0.892. The van der Waals surface area contributed by atoms with E-state index in [0.29, 0.717) is 23.6 Å². The van der Waals surface area contributed by atoms with Crippen molar-refractivity contribution >= 4 is 11.7 Å². The van der Waals surface area contributed by atoms with Crippen molar-refractivity contribution in [3.8, 4) is 0 Å². The van der Waals surface area contributed by atoms with Gasteiger partial charge in [0.05, 0.1) is 12.6 Å². The van der Waals surface area contributed by atoms with E-state index in [9.17, 15) is 18.7 Å². The molecule has 1 amide bonds. The second-order valence-corrected chi connectivity index (χ2v) is 5.88. The van der Waals surface area contributed by atoms with Crippen LogP contribution in [0.4, 0.5) is 14.6 Å². The van der Waals surface area contributed by atoms with Crippen LogP contribution in [0.3, 0.4) is 0 Å². The van der Waals surface area contributed by atoms with Crippen LogP contribution in [0.25, 0.3) is 0 Å². The van der Waals surface area contributed by atoms with Crippen molar-refractivity contribution in [1.82, 2.24) is 10.1 Å². The van der Waals surface area contributed by atoms with Crippen molar-refractivity contribution in [2.75, 3.05) is 18.4 Å². The largest absolute Gasteiger partial charge is 0.392 e. The molecule has 6 nitrogen and oxygen atoms in total. The first-order valence-electron chi connectivity index (χ1n) is 7.52. The number of benzene rings is 1. The van der Waals surface area contributed by atoms with Gasteiger partial charge in [0.15, 0.2) is 17.5 Å². The molecule has 2 heterocycles. The molecule has 0 aliphatic carbocycles. The number of carbonyl (C=O) groups is 1. The van der Waals surface area contributed by atoms with Gasteiger partial charge >= 0.3 is 0 Å². The maximum atomic E-state index is 13.5. The topological polar surface area (TPSA) is 78.6 Å². The molecular formula is C16H17F2N3O3. The fourth-order valence-electron chi connectivity index (χ4n) is 2.91. The molecule has 1 fully saturated rings. The summed E-state index contributed by atoms with van der Waals surface area (Å²) in [7, 11) is 0. The number of hydrogen-bond donors (Lipinski definition) is 2. The molecule has 0 radical (unpaired) electrons. The smallest absolute Gasteiger partial charge is 0.239 e. The number of nitrogens with zero attached hydrogens (tertiary/aromatic N) is 2. The van der Waals surface area contributed by atoms with Crippen LogP contribution in [0.15, 0.2) is 28.8 Å². The summed E-state index contributed by atoms with van der Waals surface area (Å²) in [6.45, 7) is 1.97. The summed E-state index contributed by atoms with van der Waals surface area (Å²) in [4.78, 5) is 13.9. The monoisotopic (exact) mass is 337 g/mol. The van der Waals surface area contributed by atoms with Crippen molar-refractivity contribution in [1.29, 1.82) is 0 Å². The second-order valence-electron chi connectivity index (χ2n) is 5.88. The van der Waals surface area contributed by atoms with Crippen LogP contribution in [-0.4, -0.2) is 40.3 Å². The third kappa shape index (κ3) is 3.60. The van der Waals surface area contributed by atoms with Gasteiger partial charge in [-0.3, -0.25) is 9.69 Å². The zero-order valence-corrected chi connectivity index (χ0v) is 13.0. The Kier molecular flexibility index (Phi) is 4.59. The number of likely N-dealkylation sites (tertiary alicyclic amines) is 1. The first kappa shape index (κ1) is 16.5. The summed E-state index contributed by atoms with van der Waals surface area (Å²) >= 11 is 0. The number of carbonyl (C=O) groups excluding carboxylic acids is 1. The standard InChI is InChI=1S/C16H17F2N3O3/c1-9-4-15(20-24-9)19-16(23)8-21-7-11(22)6-14(21)10-2-3-12(17)13(18)5-10/h2-5,11,14,22H,6-8H2,1H3,(H,19,20,23)/t11-,14+/m0/s1. The van der Waals surface area contributed by atoms with E-state index in [1.807, 2.05) is 0 Å². The Labute approximate surface area is 137 Å². The lowest BCUT2D eigenvalue weighted by Crippen LogP contribution is -2.34. The summed E-state index contributed by atoms with van der Waals surface area (Å²) in [6, 6.07) is 4.84. The van der Waals surface area contributed by atoms with Gasteiger partial charge in [-0.15, -0.1) is 0 Å². The van der Waals surface area contributed by atoms with Gasteiger partial charge in [0, 0.05) is 18.7 Å². The van der Waals surface area contributed by atoms with E-state index in [-0.39, 0.29) is 25.0 Å². The van der Waals surface area contributed by atoms with E-state index in [2.05, 4.69) is 10.5 Å². The minimum Gasteiger partial charge on any atom is -0.392 e. The zero-order valence-electron chi connectivity index (χ0n) is 13.0. The van der Waals surface area contributed by atoms with Crippen molar-refractivity contribution in [3.63, 3.8) is 0 Å². The maximum Gasteiger partial charge on any atom is 0.239 e. The number of nitrogens with one attached hydrogen (secondary N) is 1. The Morgan fingerprint density at radius 3 is 2.88 bits per heavy atom. The maximum absolute atomic E-state index is 13.5. The lowest BCUT2D eigenvalue weighted by molar-refractivity contribution is -0.117. The number of β-amino-alcohol motifs (C(OH)–C–C–N with tert-alkyl or cyclic N) is 1. The van der Waals surface area contributed by atoms with Crippen LogP contribution in [0.5, 0.6) is 0 Å². The minimum absolute atomic E-state index is 0.00731. The molecule has 1 saturated heterocycles. The molecule has 1 aliphatic rings. The van der Waals surface area contributed by atoms with Crippen molar-refractivity contribution < 1.29 is 23.2 Å². The highest BCUT2D eigenvalue weighted by atomic mass is 19.2. The molecule has 2 aromatic rings. The van der Waals surface area contributed by atoms with E-state index in [4.69, 9.17) is 4.52 Å². The number of hydrogen-bond acceptors (Lipinski definition) is 5. The Bertz CT molecular complexity index is 750. The van der Waals surface area contributed by atoms with Crippen LogP contribution in [0.1, 0.15) is 23.8 Å². The zero-order chi connectivity index (χ0) is 17.3. The fraction of sp³-hybridized carbons (Fsp3) is 0.375. The molecular weight excluding hydrogens is 320 g/mol. The van der Waals surface area contributed by atoms with Crippen molar-refractivity contribution in [2.24, 2.45) is 0 Å². The van der Waals surface area contributed by atoms with Crippen LogP contribution in [-0.2, 0) is 4.79 Å². The minimum atomic E-state index is -0.948. The molecule has 0 unspecified atom stereocenters. The Morgan fingerprint density at radius 1 is 1.42 bits per heavy atom. The third-order valence-corrected chi connectivity index (χ3v) is 3.95. The number of aliphatic hydroxyl groups is 1. The number of aryl methyl sites for hydroxylation is 1. The number of halogens is 2. The molecule has 2 N–H and O–H groups in total. The lowest BCUT2D eigenvalue weighted by atomic mass is 10.0. The van der Waals surface area contributed by atoms with E-state index < -0.39 is 17.7 Å². The highest BCUT2D eigenvalue weighted by Crippen LogP contribution is 2.32. The highest BCUT2D eigenvalue weighted by Gasteiger charge is 2.33. The number of aliphatic hydroxyl groups excluding tert-OH is 1. The van der Waals surface area contributed by atoms with E-state index in [0.717, 1.165) is 12.1 Å². The van der Waals surface area contributed by atoms with Gasteiger partial charge in [-0.1, -0.05) is 11.2 Å². The van der Waals surface area contributed by atoms with E-state index in [1.165, 1.54) is 6.07 Å². The van der Waals surface area contributed by atoms with Crippen LogP contribution >= 0.6 is 0 Å². The predicted octanol–water partition coefficient (Wildman–Crippen LogP) is 2.01. The Hall–Kier alpha value is -2.32. The summed E-state index contributed by atoms with van der Waals surface area (Å²) in [5.74, 6) is -1.33. The summed E-state index contributed by atoms with van der Waals surface area (Å²) in [5.41, 5.74) is 0.524. The van der Waals surface area contributed by atoms with Gasteiger partial charge in [-0.2, -0.15) is 0 Å². The van der Waals surface area contributed by atoms with Crippen LogP contribution in [0.2, 0.25) is 0 Å². The molecule has 0 spiro atoms. The molecule has 8 heteroatoms. The predicted molar refractivity (Wildman–Crippen MR) is 81.2 cm³/mol. The highest BCUT2D eigenvalue weighted by molar-refractivity contribution is 5.91. The SMILES string of the molecule is Cc1cc(NC(=O)CN2C[C@@H](O)C[C@@H]2c2ccc(F)c(F)c2)no1. The van der Waals surface area contributed by atoms with E-state index in [1.54, 1.807) is 17.9 Å². The summed E-state index contributed by atoms with van der Waals surface area (Å²) < 4.78 is 31.4. The molecule has 1 aliphatic heterocycles. The van der Waals surface area contributed by atoms with Crippen molar-refractivity contribution in [2.45, 2.75) is 25.5 Å². The van der Waals surface area contributed by atoms with E-state index >= 15 is 0 Å². The molecule has 128 valence electrons. The van der Waals surface area contributed by atoms with Gasteiger partial charge in [0.25, 0.3) is 0 Å². The van der Waals surface area contributed by atoms with Gasteiger partial charge in [0.1, 0.15) is 5.76 Å². The third-order valence-electron chi connectivity index (χ3n) is 3.95. The van der Waals surface area contributed by atoms with Gasteiger partial charge in [0.2, 0.25) is 5.91 Å². The Balaban J connectivity index is 1.70. The number of amides is 1. The molecule has 24 heavy (non-hydrogen) atoms. The lowest BCUT2D eigenvalue weighted by Gasteiger charge is -2.23. The summed E-state index contributed by atoms with van der Waals surface area (Å²) in [5, 5.41) is 16.2. The number of aromatic nitrogens is 1. The Morgan fingerprint density at radius 2 is 2.21 bits per heavy atom. The number of rotatable bonds is 4. The molecule has 0 saturated carbocycles. The van der Waals surface area contributed by atoms with Gasteiger partial charge in [-0.05, 0) is 31.0 Å². The molecule has 0 bridgehead atoms. The average molecular weight is 337 g/mol. The van der Waals surface area contributed by atoms with Gasteiger partial charge in [-0.25, -0.2) is 8.78 Å². The van der Waals surface area contributed by atoms with Crippen LogP contribution in [0, 0.1) is 18.6 Å². The average Bonchev–Trinajstić information content (AvgIpc) is 3.08. The van der Waals surface area contributed by atoms with Crippen molar-refractivity contribution in [3.05, 3.63) is 47.2 Å². The first-order chi connectivity index (χ1) is 11.4. The molecule has 1 aromatic heterocycles. The first-order valence-corrected chi connectivity index (χ1v) is 7.52. The van der Waals surface area contributed by atoms with Gasteiger partial charge < -0.3 is 14.9 Å². The van der Waals surface area contributed by atoms with Crippen LogP contribution < -0.4 is 5.32 Å². The summed E-state index contributed by atoms with van der Waals surface area (Å²) in [6.07, 6.45) is -0.285. The normalized spacial score (nSPS) is 21.2. The number of anilines is 1. The molecule has 2 atom stereocenters. The second kappa shape index (κ2) is 6.66. The molecule has 3 rings (SSSR count). The fourth-order valence-corrected chi connectivity index (χ4v) is 2.91. The molecule has 1 aromatic carbocycles.